The monoisotopic (exact) mass is 574 g/mol. The molecule has 0 amide bonds. The van der Waals surface area contributed by atoms with Crippen molar-refractivity contribution in [3.63, 3.8) is 0 Å². The van der Waals surface area contributed by atoms with Crippen LogP contribution in [-0.2, 0) is 16.6 Å². The van der Waals surface area contributed by atoms with Crippen molar-refractivity contribution in [1.82, 2.24) is 4.98 Å². The summed E-state index contributed by atoms with van der Waals surface area (Å²) in [5, 5.41) is 16.4. The molecule has 208 valence electrons. The summed E-state index contributed by atoms with van der Waals surface area (Å²) in [5.74, 6) is 0.992. The van der Waals surface area contributed by atoms with Gasteiger partial charge in [-0.2, -0.15) is 0 Å². The highest BCUT2D eigenvalue weighted by Gasteiger charge is 2.54. The predicted octanol–water partition coefficient (Wildman–Crippen LogP) is 8.36. The van der Waals surface area contributed by atoms with Crippen molar-refractivity contribution in [2.45, 2.75) is 62.8 Å². The van der Waals surface area contributed by atoms with Crippen LogP contribution >= 0.6 is 22.9 Å². The van der Waals surface area contributed by atoms with Gasteiger partial charge >= 0.3 is 5.97 Å². The molecule has 4 aromatic rings. The maximum absolute atomic E-state index is 12.7. The number of hydrogen-bond acceptors (Lipinski definition) is 5. The summed E-state index contributed by atoms with van der Waals surface area (Å²) >= 11 is 7.88. The Morgan fingerprint density at radius 3 is 2.75 bits per heavy atom. The smallest absolute Gasteiger partial charge is 0.329 e. The number of rotatable bonds is 9. The molecule has 0 unspecified atom stereocenters. The number of fused-ring (bicyclic) bond motifs is 3. The number of aromatic nitrogens is 1. The van der Waals surface area contributed by atoms with Gasteiger partial charge in [-0.1, -0.05) is 55.3 Å². The topological polar surface area (TPSA) is 71.5 Å². The van der Waals surface area contributed by atoms with Crippen LogP contribution in [-0.4, -0.2) is 28.2 Å². The molecule has 2 aliphatic carbocycles. The number of nitrogens with zero attached hydrogens (tertiary/aromatic N) is 1. The third kappa shape index (κ3) is 4.97. The Hall–Kier alpha value is -3.09. The SMILES string of the molecule is CC[C@H](COc1ccnc2ccsc12)C[C@@H]1Cc2ccccc2C12CCC(Nc1cccc(Cl)c1)(C(=O)O)CC2. The first-order valence-electron chi connectivity index (χ1n) is 14.2. The lowest BCUT2D eigenvalue weighted by Crippen LogP contribution is -2.53. The molecule has 1 fully saturated rings. The molecule has 1 saturated carbocycles. The van der Waals surface area contributed by atoms with Gasteiger partial charge in [0.15, 0.2) is 0 Å². The van der Waals surface area contributed by atoms with Crippen LogP contribution < -0.4 is 10.1 Å². The quantitative estimate of drug-likeness (QED) is 0.210. The molecule has 0 bridgehead atoms. The van der Waals surface area contributed by atoms with Crippen molar-refractivity contribution >= 4 is 44.8 Å². The van der Waals surface area contributed by atoms with E-state index in [1.54, 1.807) is 11.3 Å². The van der Waals surface area contributed by atoms with Gasteiger partial charge in [0.05, 0.1) is 16.8 Å². The molecule has 0 aliphatic heterocycles. The van der Waals surface area contributed by atoms with E-state index in [0.717, 1.165) is 53.8 Å². The number of thiophene rings is 1. The Bertz CT molecular complexity index is 1510. The highest BCUT2D eigenvalue weighted by molar-refractivity contribution is 7.17. The second-order valence-corrected chi connectivity index (χ2v) is 12.9. The first-order chi connectivity index (χ1) is 19.4. The van der Waals surface area contributed by atoms with Crippen molar-refractivity contribution in [2.75, 3.05) is 11.9 Å². The number of carboxylic acids is 1. The molecule has 2 atom stereocenters. The van der Waals surface area contributed by atoms with Crippen LogP contribution in [0.3, 0.4) is 0 Å². The molecule has 2 N–H and O–H groups in total. The second kappa shape index (κ2) is 11.1. The average molecular weight is 575 g/mol. The number of nitrogens with one attached hydrogen (secondary N) is 1. The fraction of sp³-hybridized carbons (Fsp3) is 0.394. The molecular formula is C33H35ClN2O3S. The van der Waals surface area contributed by atoms with Crippen LogP contribution in [0.15, 0.2) is 72.2 Å². The Morgan fingerprint density at radius 1 is 1.15 bits per heavy atom. The van der Waals surface area contributed by atoms with E-state index in [9.17, 15) is 9.90 Å². The molecular weight excluding hydrogens is 540 g/mol. The van der Waals surface area contributed by atoms with E-state index in [-0.39, 0.29) is 5.41 Å². The number of carboxylic acid groups (broad SMARTS) is 1. The van der Waals surface area contributed by atoms with Crippen LogP contribution in [0.2, 0.25) is 5.02 Å². The molecule has 7 heteroatoms. The molecule has 0 saturated heterocycles. The van der Waals surface area contributed by atoms with E-state index in [1.165, 1.54) is 11.1 Å². The van der Waals surface area contributed by atoms with Crippen molar-refractivity contribution in [1.29, 1.82) is 0 Å². The molecule has 1 spiro atoms. The zero-order valence-corrected chi connectivity index (χ0v) is 24.3. The number of carbonyl (C=O) groups is 1. The van der Waals surface area contributed by atoms with Gasteiger partial charge in [-0.3, -0.25) is 4.98 Å². The highest BCUT2D eigenvalue weighted by atomic mass is 35.5. The fourth-order valence-electron chi connectivity index (χ4n) is 7.13. The van der Waals surface area contributed by atoms with Crippen LogP contribution in [0.5, 0.6) is 5.75 Å². The Labute approximate surface area is 244 Å². The molecule has 2 aliphatic rings. The normalized spacial score (nSPS) is 24.6. The van der Waals surface area contributed by atoms with E-state index >= 15 is 0 Å². The van der Waals surface area contributed by atoms with Crippen LogP contribution in [0.1, 0.15) is 56.6 Å². The number of halogens is 1. The van der Waals surface area contributed by atoms with E-state index in [1.807, 2.05) is 42.6 Å². The predicted molar refractivity (Wildman–Crippen MR) is 163 cm³/mol. The third-order valence-electron chi connectivity index (χ3n) is 9.39. The van der Waals surface area contributed by atoms with Crippen molar-refractivity contribution < 1.29 is 14.6 Å². The molecule has 0 radical (unpaired) electrons. The van der Waals surface area contributed by atoms with Gasteiger partial charge in [0.25, 0.3) is 0 Å². The highest BCUT2D eigenvalue weighted by Crippen LogP contribution is 2.56. The standard InChI is InChI=1S/C33H35ClN2O3S/c1-2-22(21-39-29-10-16-35-28-11-17-40-30(28)29)18-24-19-23-6-3-4-9-27(23)32(24)12-14-33(15-13-32,31(37)38)36-26-8-5-7-25(34)20-26/h3-11,16-17,20,22,24,36H,2,12-15,18-19,21H2,1H3,(H,37,38)/t22-,24+,32?,33?/m0/s1. The number of aliphatic carboxylic acids is 1. The minimum absolute atomic E-state index is 0.0172. The minimum Gasteiger partial charge on any atom is -0.492 e. The zero-order chi connectivity index (χ0) is 27.7. The van der Waals surface area contributed by atoms with E-state index in [4.69, 9.17) is 16.3 Å². The van der Waals surface area contributed by atoms with Crippen LogP contribution in [0.4, 0.5) is 5.69 Å². The van der Waals surface area contributed by atoms with Gasteiger partial charge in [-0.25, -0.2) is 4.79 Å². The van der Waals surface area contributed by atoms with Crippen LogP contribution in [0.25, 0.3) is 10.2 Å². The van der Waals surface area contributed by atoms with Crippen molar-refractivity contribution in [3.05, 3.63) is 88.4 Å². The maximum atomic E-state index is 12.7. The summed E-state index contributed by atoms with van der Waals surface area (Å²) < 4.78 is 7.51. The number of hydrogen-bond donors (Lipinski definition) is 2. The van der Waals surface area contributed by atoms with Gasteiger partial charge in [-0.05, 0) is 103 Å². The number of benzene rings is 2. The molecule has 2 heterocycles. The van der Waals surface area contributed by atoms with Crippen molar-refractivity contribution in [3.8, 4) is 5.75 Å². The number of anilines is 1. The molecule has 2 aromatic carbocycles. The lowest BCUT2D eigenvalue weighted by Gasteiger charge is -2.47. The van der Waals surface area contributed by atoms with Gasteiger partial charge in [-0.15, -0.1) is 11.3 Å². The maximum Gasteiger partial charge on any atom is 0.329 e. The zero-order valence-electron chi connectivity index (χ0n) is 22.7. The summed E-state index contributed by atoms with van der Waals surface area (Å²) in [6.07, 6.45) is 7.78. The van der Waals surface area contributed by atoms with Gasteiger partial charge in [0.2, 0.25) is 0 Å². The van der Waals surface area contributed by atoms with Gasteiger partial charge in [0.1, 0.15) is 11.3 Å². The number of pyridine rings is 1. The Morgan fingerprint density at radius 2 is 1.98 bits per heavy atom. The largest absolute Gasteiger partial charge is 0.492 e. The summed E-state index contributed by atoms with van der Waals surface area (Å²) in [5.41, 5.74) is 3.56. The average Bonchev–Trinajstić information content (AvgIpc) is 3.56. The van der Waals surface area contributed by atoms with E-state index < -0.39 is 11.5 Å². The molecule has 5 nitrogen and oxygen atoms in total. The van der Waals surface area contributed by atoms with Crippen LogP contribution in [0, 0.1) is 11.8 Å². The fourth-order valence-corrected chi connectivity index (χ4v) is 8.14. The molecule has 6 rings (SSSR count). The van der Waals surface area contributed by atoms with Crippen molar-refractivity contribution in [2.24, 2.45) is 11.8 Å². The summed E-state index contributed by atoms with van der Waals surface area (Å²) in [4.78, 5) is 17.1. The van der Waals surface area contributed by atoms with E-state index in [0.29, 0.717) is 36.3 Å². The minimum atomic E-state index is -1.00. The Kier molecular flexibility index (Phi) is 7.49. The lowest BCUT2D eigenvalue weighted by molar-refractivity contribution is -0.144. The van der Waals surface area contributed by atoms with E-state index in [2.05, 4.69) is 46.9 Å². The molecule has 40 heavy (non-hydrogen) atoms. The second-order valence-electron chi connectivity index (χ2n) is 11.5. The first-order valence-corrected chi connectivity index (χ1v) is 15.5. The Balaban J connectivity index is 1.22. The summed E-state index contributed by atoms with van der Waals surface area (Å²) in [6, 6.07) is 20.2. The van der Waals surface area contributed by atoms with Gasteiger partial charge in [0, 0.05) is 16.9 Å². The first kappa shape index (κ1) is 27.1. The number of ether oxygens (including phenoxy) is 1. The summed E-state index contributed by atoms with van der Waals surface area (Å²) in [6.45, 7) is 2.92. The van der Waals surface area contributed by atoms with Gasteiger partial charge < -0.3 is 15.2 Å². The summed E-state index contributed by atoms with van der Waals surface area (Å²) in [7, 11) is 0. The third-order valence-corrected chi connectivity index (χ3v) is 10.5. The molecule has 2 aromatic heterocycles. The lowest BCUT2D eigenvalue weighted by atomic mass is 9.59.